The monoisotopic (exact) mass is 365 g/mol. The van der Waals surface area contributed by atoms with Crippen LogP contribution in [-0.4, -0.2) is 43.5 Å². The van der Waals surface area contributed by atoms with E-state index in [4.69, 9.17) is 4.74 Å². The number of ether oxygens (including phenoxy) is 1. The van der Waals surface area contributed by atoms with Crippen LogP contribution in [0.1, 0.15) is 28.8 Å². The molecule has 2 aromatic carbocycles. The predicted molar refractivity (Wildman–Crippen MR) is 104 cm³/mol. The summed E-state index contributed by atoms with van der Waals surface area (Å²) in [6.07, 6.45) is 2.43. The molecule has 0 aromatic heterocycles. The van der Waals surface area contributed by atoms with Gasteiger partial charge in [-0.05, 0) is 42.7 Å². The molecule has 27 heavy (non-hydrogen) atoms. The minimum atomic E-state index is -0.183. The molecule has 2 heterocycles. The van der Waals surface area contributed by atoms with Gasteiger partial charge in [0.05, 0.1) is 5.69 Å². The third kappa shape index (κ3) is 3.60. The van der Waals surface area contributed by atoms with E-state index in [0.717, 1.165) is 18.7 Å². The molecule has 4 rings (SSSR count). The highest BCUT2D eigenvalue weighted by atomic mass is 16.5. The van der Waals surface area contributed by atoms with Crippen molar-refractivity contribution in [2.75, 3.05) is 37.0 Å². The number of rotatable bonds is 4. The lowest BCUT2D eigenvalue weighted by atomic mass is 10.1. The molecule has 0 unspecified atom stereocenters. The molecule has 6 nitrogen and oxygen atoms in total. The van der Waals surface area contributed by atoms with Crippen molar-refractivity contribution in [1.29, 1.82) is 0 Å². The molecular weight excluding hydrogens is 342 g/mol. The maximum absolute atomic E-state index is 12.9. The van der Waals surface area contributed by atoms with E-state index in [9.17, 15) is 9.59 Å². The largest absolute Gasteiger partial charge is 0.482 e. The molecule has 0 saturated carbocycles. The summed E-state index contributed by atoms with van der Waals surface area (Å²) in [6.45, 7) is 2.66. The van der Waals surface area contributed by atoms with E-state index in [1.165, 1.54) is 18.5 Å². The Kier molecular flexibility index (Phi) is 4.71. The molecule has 0 radical (unpaired) electrons. The Labute approximate surface area is 158 Å². The first-order valence-corrected chi connectivity index (χ1v) is 9.27. The number of amides is 2. The van der Waals surface area contributed by atoms with Crippen molar-refractivity contribution in [3.63, 3.8) is 0 Å². The van der Waals surface area contributed by atoms with Crippen LogP contribution in [0.25, 0.3) is 0 Å². The fraction of sp³-hybridized carbons (Fsp3) is 0.333. The Morgan fingerprint density at radius 3 is 2.78 bits per heavy atom. The molecule has 2 aliphatic rings. The molecule has 0 spiro atoms. The van der Waals surface area contributed by atoms with Gasteiger partial charge in [-0.3, -0.25) is 9.59 Å². The highest BCUT2D eigenvalue weighted by Crippen LogP contribution is 2.30. The van der Waals surface area contributed by atoms with Gasteiger partial charge in [-0.15, -0.1) is 0 Å². The van der Waals surface area contributed by atoms with Gasteiger partial charge < -0.3 is 19.9 Å². The number of carbonyl (C=O) groups is 2. The fourth-order valence-corrected chi connectivity index (χ4v) is 3.67. The predicted octanol–water partition coefficient (Wildman–Crippen LogP) is 2.89. The maximum atomic E-state index is 12.9. The van der Waals surface area contributed by atoms with Gasteiger partial charge in [0.1, 0.15) is 5.75 Å². The zero-order valence-electron chi connectivity index (χ0n) is 15.4. The first-order chi connectivity index (χ1) is 13.1. The number of fused-ring (bicyclic) bond motifs is 1. The van der Waals surface area contributed by atoms with Crippen molar-refractivity contribution in [1.82, 2.24) is 4.90 Å². The molecular formula is C21H23N3O3. The van der Waals surface area contributed by atoms with E-state index in [1.54, 1.807) is 23.1 Å². The molecule has 0 atom stereocenters. The number of hydrogen-bond donors (Lipinski definition) is 1. The topological polar surface area (TPSA) is 61.9 Å². The van der Waals surface area contributed by atoms with Gasteiger partial charge in [-0.25, -0.2) is 0 Å². The van der Waals surface area contributed by atoms with E-state index in [0.29, 0.717) is 23.5 Å². The number of nitrogens with zero attached hydrogens (tertiary/aromatic N) is 2. The molecule has 2 aliphatic heterocycles. The van der Waals surface area contributed by atoms with Gasteiger partial charge in [-0.2, -0.15) is 0 Å². The van der Waals surface area contributed by atoms with Gasteiger partial charge in [0.2, 0.25) is 0 Å². The summed E-state index contributed by atoms with van der Waals surface area (Å²) >= 11 is 0. The van der Waals surface area contributed by atoms with E-state index in [2.05, 4.69) is 22.3 Å². The summed E-state index contributed by atoms with van der Waals surface area (Å²) in [4.78, 5) is 28.4. The zero-order chi connectivity index (χ0) is 18.8. The Hall–Kier alpha value is -3.02. The zero-order valence-corrected chi connectivity index (χ0v) is 15.4. The highest BCUT2D eigenvalue weighted by molar-refractivity contribution is 5.99. The smallest absolute Gasteiger partial charge is 0.262 e. The van der Waals surface area contributed by atoms with E-state index < -0.39 is 0 Å². The van der Waals surface area contributed by atoms with Crippen molar-refractivity contribution < 1.29 is 14.3 Å². The normalized spacial score (nSPS) is 15.7. The third-order valence-corrected chi connectivity index (χ3v) is 5.05. The first-order valence-electron chi connectivity index (χ1n) is 9.27. The molecule has 1 saturated heterocycles. The minimum absolute atomic E-state index is 0.0241. The molecule has 140 valence electrons. The summed E-state index contributed by atoms with van der Waals surface area (Å²) in [6, 6.07) is 13.4. The quantitative estimate of drug-likeness (QED) is 0.905. The van der Waals surface area contributed by atoms with Crippen LogP contribution in [0.3, 0.4) is 0 Å². The maximum Gasteiger partial charge on any atom is 0.262 e. The second-order valence-electron chi connectivity index (χ2n) is 7.03. The van der Waals surface area contributed by atoms with Gasteiger partial charge in [0.25, 0.3) is 11.8 Å². The Morgan fingerprint density at radius 2 is 1.96 bits per heavy atom. The van der Waals surface area contributed by atoms with Crippen LogP contribution in [0, 0.1) is 0 Å². The van der Waals surface area contributed by atoms with Crippen LogP contribution < -0.4 is 15.0 Å². The molecule has 0 aliphatic carbocycles. The van der Waals surface area contributed by atoms with Crippen molar-refractivity contribution in [3.05, 3.63) is 53.6 Å². The number of anilines is 2. The van der Waals surface area contributed by atoms with E-state index >= 15 is 0 Å². The summed E-state index contributed by atoms with van der Waals surface area (Å²) in [5.41, 5.74) is 3.51. The van der Waals surface area contributed by atoms with Gasteiger partial charge in [0, 0.05) is 37.9 Å². The number of hydrogen-bond acceptors (Lipinski definition) is 4. The Balaban J connectivity index is 1.51. The van der Waals surface area contributed by atoms with Gasteiger partial charge in [-0.1, -0.05) is 18.2 Å². The molecule has 1 N–H and O–H groups in total. The number of benzene rings is 2. The Bertz CT molecular complexity index is 875. The van der Waals surface area contributed by atoms with Crippen molar-refractivity contribution in [2.24, 2.45) is 0 Å². The first kappa shape index (κ1) is 17.4. The third-order valence-electron chi connectivity index (χ3n) is 5.05. The minimum Gasteiger partial charge on any atom is -0.482 e. The molecule has 2 aromatic rings. The number of para-hydroxylation sites is 1. The molecule has 6 heteroatoms. The van der Waals surface area contributed by atoms with Crippen LogP contribution in [0.5, 0.6) is 5.75 Å². The van der Waals surface area contributed by atoms with Crippen molar-refractivity contribution in [2.45, 2.75) is 19.4 Å². The lowest BCUT2D eigenvalue weighted by Gasteiger charge is -2.25. The Morgan fingerprint density at radius 1 is 1.19 bits per heavy atom. The van der Waals surface area contributed by atoms with Crippen LogP contribution >= 0.6 is 0 Å². The summed E-state index contributed by atoms with van der Waals surface area (Å²) in [5.74, 6) is 0.276. The van der Waals surface area contributed by atoms with Gasteiger partial charge in [0.15, 0.2) is 6.61 Å². The fourth-order valence-electron chi connectivity index (χ4n) is 3.67. The molecule has 0 bridgehead atoms. The van der Waals surface area contributed by atoms with Crippen LogP contribution in [0.4, 0.5) is 11.4 Å². The SMILES string of the molecule is CN(Cc1ccccc1N1CCCC1)C(=O)c1ccc2c(c1)OCC(=O)N2. The average molecular weight is 365 g/mol. The van der Waals surface area contributed by atoms with Crippen molar-refractivity contribution in [3.8, 4) is 5.75 Å². The summed E-state index contributed by atoms with van der Waals surface area (Å²) in [5, 5.41) is 2.74. The van der Waals surface area contributed by atoms with Crippen LogP contribution in [0.2, 0.25) is 0 Å². The summed E-state index contributed by atoms with van der Waals surface area (Å²) < 4.78 is 5.42. The highest BCUT2D eigenvalue weighted by Gasteiger charge is 2.21. The summed E-state index contributed by atoms with van der Waals surface area (Å²) in [7, 11) is 1.81. The second kappa shape index (κ2) is 7.31. The van der Waals surface area contributed by atoms with E-state index in [-0.39, 0.29) is 18.4 Å². The molecule has 2 amide bonds. The average Bonchev–Trinajstić information content (AvgIpc) is 3.22. The van der Waals surface area contributed by atoms with Crippen LogP contribution in [0.15, 0.2) is 42.5 Å². The van der Waals surface area contributed by atoms with Gasteiger partial charge >= 0.3 is 0 Å². The second-order valence-corrected chi connectivity index (χ2v) is 7.03. The lowest BCUT2D eigenvalue weighted by Crippen LogP contribution is -2.29. The number of carbonyl (C=O) groups excluding carboxylic acids is 2. The molecule has 1 fully saturated rings. The van der Waals surface area contributed by atoms with E-state index in [1.807, 2.05) is 19.2 Å². The standard InChI is InChI=1S/C21H23N3O3/c1-23(13-16-6-2-3-7-18(16)24-10-4-5-11-24)21(26)15-8-9-17-19(12-15)27-14-20(25)22-17/h2-3,6-9,12H,4-5,10-11,13-14H2,1H3,(H,22,25). The number of nitrogens with one attached hydrogen (secondary N) is 1. The van der Waals surface area contributed by atoms with Crippen LogP contribution in [-0.2, 0) is 11.3 Å². The lowest BCUT2D eigenvalue weighted by molar-refractivity contribution is -0.118. The van der Waals surface area contributed by atoms with Crippen molar-refractivity contribution >= 4 is 23.2 Å².